The molecule has 0 saturated carbocycles. The van der Waals surface area contributed by atoms with Gasteiger partial charge in [-0.3, -0.25) is 4.79 Å². The van der Waals surface area contributed by atoms with Crippen LogP contribution in [-0.2, 0) is 0 Å². The van der Waals surface area contributed by atoms with Gasteiger partial charge in [-0.2, -0.15) is 0 Å². The number of nitrogens with zero attached hydrogens (tertiary/aromatic N) is 2. The van der Waals surface area contributed by atoms with E-state index in [4.69, 9.17) is 11.6 Å². The van der Waals surface area contributed by atoms with Crippen molar-refractivity contribution in [3.63, 3.8) is 0 Å². The second kappa shape index (κ2) is 5.55. The van der Waals surface area contributed by atoms with Crippen LogP contribution in [0.25, 0.3) is 0 Å². The zero-order chi connectivity index (χ0) is 13.3. The Hall–Kier alpha value is -0.650. The fourth-order valence-corrected chi connectivity index (χ4v) is 2.36. The molecule has 0 bridgehead atoms. The van der Waals surface area contributed by atoms with Crippen LogP contribution in [0.1, 0.15) is 10.4 Å². The van der Waals surface area contributed by atoms with Crippen molar-refractivity contribution in [3.8, 4) is 0 Å². The summed E-state index contributed by atoms with van der Waals surface area (Å²) >= 11 is 8.98. The molecule has 18 heavy (non-hydrogen) atoms. The van der Waals surface area contributed by atoms with Gasteiger partial charge in [0.25, 0.3) is 5.91 Å². The standard InChI is InChI=1S/C12H13BrClFN2O/c1-16-2-4-17(5-3-16)12(18)8-6-9(13)10(14)7-11(8)15/h6-7H,2-5H2,1H3. The van der Waals surface area contributed by atoms with E-state index in [1.54, 1.807) is 4.90 Å². The molecule has 0 unspecified atom stereocenters. The van der Waals surface area contributed by atoms with Crippen LogP contribution in [0, 0.1) is 5.82 Å². The second-order valence-corrected chi connectivity index (χ2v) is 5.60. The molecule has 6 heteroatoms. The van der Waals surface area contributed by atoms with Crippen LogP contribution in [0.5, 0.6) is 0 Å². The number of halogens is 3. The van der Waals surface area contributed by atoms with Crippen LogP contribution in [0.15, 0.2) is 16.6 Å². The van der Waals surface area contributed by atoms with Gasteiger partial charge in [-0.15, -0.1) is 0 Å². The highest BCUT2D eigenvalue weighted by Crippen LogP contribution is 2.26. The molecule has 1 heterocycles. The third kappa shape index (κ3) is 2.84. The molecule has 98 valence electrons. The van der Waals surface area contributed by atoms with Crippen molar-refractivity contribution in [3.05, 3.63) is 33.0 Å². The lowest BCUT2D eigenvalue weighted by molar-refractivity contribution is 0.0659. The fourth-order valence-electron chi connectivity index (χ4n) is 1.87. The summed E-state index contributed by atoms with van der Waals surface area (Å²) in [6.45, 7) is 2.86. The van der Waals surface area contributed by atoms with Crippen molar-refractivity contribution in [2.45, 2.75) is 0 Å². The monoisotopic (exact) mass is 334 g/mol. The molecule has 0 spiro atoms. The van der Waals surface area contributed by atoms with Gasteiger partial charge in [0.2, 0.25) is 0 Å². The molecule has 1 aromatic carbocycles. The van der Waals surface area contributed by atoms with Gasteiger partial charge in [0, 0.05) is 30.7 Å². The molecule has 0 N–H and O–H groups in total. The van der Waals surface area contributed by atoms with E-state index < -0.39 is 5.82 Å². The van der Waals surface area contributed by atoms with Gasteiger partial charge in [-0.05, 0) is 35.1 Å². The number of carbonyl (C=O) groups excluding carboxylic acids is 1. The molecule has 1 aromatic rings. The predicted molar refractivity (Wildman–Crippen MR) is 72.5 cm³/mol. The Morgan fingerprint density at radius 2 is 1.94 bits per heavy atom. The van der Waals surface area contributed by atoms with Gasteiger partial charge in [0.1, 0.15) is 5.82 Å². The van der Waals surface area contributed by atoms with Gasteiger partial charge in [-0.25, -0.2) is 4.39 Å². The summed E-state index contributed by atoms with van der Waals surface area (Å²) in [4.78, 5) is 16.0. The highest BCUT2D eigenvalue weighted by atomic mass is 79.9. The van der Waals surface area contributed by atoms with E-state index in [-0.39, 0.29) is 16.5 Å². The fraction of sp³-hybridized carbons (Fsp3) is 0.417. The Labute approximate surface area is 119 Å². The van der Waals surface area contributed by atoms with Crippen molar-refractivity contribution in [1.82, 2.24) is 9.80 Å². The Balaban J connectivity index is 2.21. The van der Waals surface area contributed by atoms with Crippen molar-refractivity contribution in [2.75, 3.05) is 33.2 Å². The molecule has 0 aromatic heterocycles. The maximum absolute atomic E-state index is 13.7. The topological polar surface area (TPSA) is 23.6 Å². The van der Waals surface area contributed by atoms with E-state index in [1.807, 2.05) is 7.05 Å². The number of benzene rings is 1. The maximum atomic E-state index is 13.7. The van der Waals surface area contributed by atoms with E-state index in [2.05, 4.69) is 20.8 Å². The normalized spacial score (nSPS) is 17.0. The lowest BCUT2D eigenvalue weighted by Gasteiger charge is -2.32. The summed E-state index contributed by atoms with van der Waals surface area (Å²) in [5.41, 5.74) is 0.0656. The Morgan fingerprint density at radius 1 is 1.33 bits per heavy atom. The van der Waals surface area contributed by atoms with Crippen LogP contribution < -0.4 is 0 Å². The van der Waals surface area contributed by atoms with Crippen LogP contribution in [0.2, 0.25) is 5.02 Å². The van der Waals surface area contributed by atoms with Crippen LogP contribution in [-0.4, -0.2) is 48.9 Å². The zero-order valence-electron chi connectivity index (χ0n) is 9.92. The van der Waals surface area contributed by atoms with E-state index in [9.17, 15) is 9.18 Å². The van der Waals surface area contributed by atoms with Gasteiger partial charge < -0.3 is 9.80 Å². The quantitative estimate of drug-likeness (QED) is 0.737. The highest BCUT2D eigenvalue weighted by Gasteiger charge is 2.23. The average Bonchev–Trinajstić information content (AvgIpc) is 2.34. The Morgan fingerprint density at radius 3 is 2.56 bits per heavy atom. The lowest BCUT2D eigenvalue weighted by Crippen LogP contribution is -2.47. The van der Waals surface area contributed by atoms with Gasteiger partial charge in [0.15, 0.2) is 0 Å². The summed E-state index contributed by atoms with van der Waals surface area (Å²) < 4.78 is 14.3. The number of piperazine rings is 1. The molecule has 0 radical (unpaired) electrons. The third-order valence-electron chi connectivity index (χ3n) is 3.03. The summed E-state index contributed by atoms with van der Waals surface area (Å²) in [5.74, 6) is -0.856. The molecule has 2 rings (SSSR count). The molecular weight excluding hydrogens is 323 g/mol. The van der Waals surface area contributed by atoms with Crippen LogP contribution in [0.4, 0.5) is 4.39 Å². The van der Waals surface area contributed by atoms with Gasteiger partial charge in [0.05, 0.1) is 10.6 Å². The van der Waals surface area contributed by atoms with Crippen LogP contribution in [0.3, 0.4) is 0 Å². The Bertz CT molecular complexity index is 475. The number of amides is 1. The van der Waals surface area contributed by atoms with Crippen LogP contribution >= 0.6 is 27.5 Å². The minimum Gasteiger partial charge on any atom is -0.336 e. The highest BCUT2D eigenvalue weighted by molar-refractivity contribution is 9.10. The van der Waals surface area contributed by atoms with E-state index in [0.717, 1.165) is 19.2 Å². The predicted octanol–water partition coefficient (Wildman–Crippen LogP) is 2.63. The molecule has 1 aliphatic heterocycles. The van der Waals surface area contributed by atoms with Crippen molar-refractivity contribution in [1.29, 1.82) is 0 Å². The number of hydrogen-bond acceptors (Lipinski definition) is 2. The smallest absolute Gasteiger partial charge is 0.256 e. The van der Waals surface area contributed by atoms with Gasteiger partial charge >= 0.3 is 0 Å². The Kier molecular flexibility index (Phi) is 4.25. The molecule has 1 saturated heterocycles. The minimum absolute atomic E-state index is 0.0656. The number of likely N-dealkylation sites (N-methyl/N-ethyl adjacent to an activating group) is 1. The maximum Gasteiger partial charge on any atom is 0.256 e. The SMILES string of the molecule is CN1CCN(C(=O)c2cc(Br)c(Cl)cc2F)CC1. The lowest BCUT2D eigenvalue weighted by atomic mass is 10.1. The molecule has 0 atom stereocenters. The molecule has 1 amide bonds. The molecule has 1 fully saturated rings. The van der Waals surface area contributed by atoms with E-state index in [1.165, 1.54) is 6.07 Å². The molecular formula is C12H13BrClFN2O. The molecule has 0 aliphatic carbocycles. The minimum atomic E-state index is -0.577. The summed E-state index contributed by atoms with van der Waals surface area (Å²) in [6.07, 6.45) is 0. The van der Waals surface area contributed by atoms with Crippen molar-refractivity contribution < 1.29 is 9.18 Å². The van der Waals surface area contributed by atoms with Crippen molar-refractivity contribution >= 4 is 33.4 Å². The average molecular weight is 336 g/mol. The molecule has 1 aliphatic rings. The largest absolute Gasteiger partial charge is 0.336 e. The van der Waals surface area contributed by atoms with E-state index in [0.29, 0.717) is 17.6 Å². The first kappa shape index (κ1) is 13.8. The summed E-state index contributed by atoms with van der Waals surface area (Å²) in [7, 11) is 2.00. The number of carbonyl (C=O) groups is 1. The first-order valence-corrected chi connectivity index (χ1v) is 6.78. The zero-order valence-corrected chi connectivity index (χ0v) is 12.3. The first-order chi connectivity index (χ1) is 8.49. The third-order valence-corrected chi connectivity index (χ3v) is 4.23. The number of rotatable bonds is 1. The number of hydrogen-bond donors (Lipinski definition) is 0. The second-order valence-electron chi connectivity index (χ2n) is 4.34. The van der Waals surface area contributed by atoms with Gasteiger partial charge in [-0.1, -0.05) is 11.6 Å². The summed E-state index contributed by atoms with van der Waals surface area (Å²) in [5, 5.41) is 0.266. The van der Waals surface area contributed by atoms with Crippen molar-refractivity contribution in [2.24, 2.45) is 0 Å². The first-order valence-electron chi connectivity index (χ1n) is 5.61. The van der Waals surface area contributed by atoms with E-state index >= 15 is 0 Å². The molecule has 3 nitrogen and oxygen atoms in total. The summed E-state index contributed by atoms with van der Waals surface area (Å²) in [6, 6.07) is 2.60.